The molecule has 0 aromatic heterocycles. The number of hydrogen-bond acceptors (Lipinski definition) is 3. The maximum atomic E-state index is 5.47. The second kappa shape index (κ2) is 8.58. The molecular formula is C17H27NOS. The topological polar surface area (TPSA) is 21.3 Å². The SMILES string of the molecule is CCNC(CSC1CCCC1)Cc1ccccc1OC. The van der Waals surface area contributed by atoms with Gasteiger partial charge in [-0.15, -0.1) is 0 Å². The Balaban J connectivity index is 1.90. The van der Waals surface area contributed by atoms with Gasteiger partial charge in [0.05, 0.1) is 7.11 Å². The molecule has 1 aromatic carbocycles. The highest BCUT2D eigenvalue weighted by Gasteiger charge is 2.18. The summed E-state index contributed by atoms with van der Waals surface area (Å²) in [6.45, 7) is 3.22. The van der Waals surface area contributed by atoms with Crippen LogP contribution in [-0.4, -0.2) is 30.7 Å². The molecule has 112 valence electrons. The number of hydrogen-bond donors (Lipinski definition) is 1. The Morgan fingerprint density at radius 1 is 1.30 bits per heavy atom. The van der Waals surface area contributed by atoms with Crippen molar-refractivity contribution >= 4 is 11.8 Å². The third-order valence-electron chi connectivity index (χ3n) is 3.99. The quantitative estimate of drug-likeness (QED) is 0.785. The smallest absolute Gasteiger partial charge is 0.122 e. The molecule has 0 heterocycles. The van der Waals surface area contributed by atoms with Crippen molar-refractivity contribution in [3.05, 3.63) is 29.8 Å². The summed E-state index contributed by atoms with van der Waals surface area (Å²) in [5, 5.41) is 4.53. The van der Waals surface area contributed by atoms with Crippen molar-refractivity contribution < 1.29 is 4.74 Å². The van der Waals surface area contributed by atoms with Crippen molar-refractivity contribution in [2.24, 2.45) is 0 Å². The van der Waals surface area contributed by atoms with E-state index in [0.717, 1.165) is 24.0 Å². The third-order valence-corrected chi connectivity index (χ3v) is 5.52. The summed E-state index contributed by atoms with van der Waals surface area (Å²) in [4.78, 5) is 0. The minimum Gasteiger partial charge on any atom is -0.496 e. The molecule has 2 rings (SSSR count). The van der Waals surface area contributed by atoms with Crippen LogP contribution in [0.4, 0.5) is 0 Å². The number of benzene rings is 1. The van der Waals surface area contributed by atoms with Crippen LogP contribution in [-0.2, 0) is 6.42 Å². The van der Waals surface area contributed by atoms with Crippen molar-refractivity contribution in [2.75, 3.05) is 19.4 Å². The van der Waals surface area contributed by atoms with E-state index in [1.165, 1.54) is 37.0 Å². The molecule has 1 aliphatic rings. The summed E-state index contributed by atoms with van der Waals surface area (Å²) in [6, 6.07) is 8.93. The van der Waals surface area contributed by atoms with E-state index >= 15 is 0 Å². The van der Waals surface area contributed by atoms with Crippen molar-refractivity contribution in [1.82, 2.24) is 5.32 Å². The Kier molecular flexibility index (Phi) is 6.74. The predicted octanol–water partition coefficient (Wildman–Crippen LogP) is 3.89. The van der Waals surface area contributed by atoms with E-state index in [9.17, 15) is 0 Å². The molecule has 1 fully saturated rings. The van der Waals surface area contributed by atoms with Crippen LogP contribution in [0.3, 0.4) is 0 Å². The highest BCUT2D eigenvalue weighted by molar-refractivity contribution is 7.99. The number of methoxy groups -OCH3 is 1. The lowest BCUT2D eigenvalue weighted by Gasteiger charge is -2.20. The Hall–Kier alpha value is -0.670. The Labute approximate surface area is 127 Å². The Morgan fingerprint density at radius 3 is 2.75 bits per heavy atom. The zero-order valence-electron chi connectivity index (χ0n) is 12.7. The van der Waals surface area contributed by atoms with Gasteiger partial charge in [-0.3, -0.25) is 0 Å². The van der Waals surface area contributed by atoms with E-state index in [1.807, 2.05) is 6.07 Å². The van der Waals surface area contributed by atoms with Crippen LogP contribution in [0.2, 0.25) is 0 Å². The summed E-state index contributed by atoms with van der Waals surface area (Å²) in [5.41, 5.74) is 1.31. The van der Waals surface area contributed by atoms with E-state index < -0.39 is 0 Å². The first-order chi connectivity index (χ1) is 9.83. The molecule has 0 amide bonds. The van der Waals surface area contributed by atoms with Crippen molar-refractivity contribution in [3.8, 4) is 5.75 Å². The van der Waals surface area contributed by atoms with Crippen LogP contribution < -0.4 is 10.1 Å². The van der Waals surface area contributed by atoms with E-state index in [4.69, 9.17) is 4.74 Å². The van der Waals surface area contributed by atoms with Gasteiger partial charge in [0.1, 0.15) is 5.75 Å². The van der Waals surface area contributed by atoms with E-state index in [2.05, 4.69) is 42.2 Å². The standard InChI is InChI=1S/C17H27NOS/c1-3-18-15(13-20-16-9-5-6-10-16)12-14-8-4-7-11-17(14)19-2/h4,7-8,11,15-16,18H,3,5-6,9-10,12-13H2,1-2H3. The molecule has 0 radical (unpaired) electrons. The summed E-state index contributed by atoms with van der Waals surface area (Å²) in [7, 11) is 1.76. The molecule has 0 aliphatic heterocycles. The molecule has 0 saturated heterocycles. The normalized spacial score (nSPS) is 17.3. The maximum absolute atomic E-state index is 5.47. The molecule has 1 aromatic rings. The molecule has 1 atom stereocenters. The average molecular weight is 293 g/mol. The van der Waals surface area contributed by atoms with Crippen LogP contribution in [0.5, 0.6) is 5.75 Å². The molecule has 20 heavy (non-hydrogen) atoms. The van der Waals surface area contributed by atoms with Crippen molar-refractivity contribution in [1.29, 1.82) is 0 Å². The molecule has 2 nitrogen and oxygen atoms in total. The molecule has 0 spiro atoms. The highest BCUT2D eigenvalue weighted by Crippen LogP contribution is 2.30. The van der Waals surface area contributed by atoms with Crippen LogP contribution in [0.15, 0.2) is 24.3 Å². The first-order valence-corrected chi connectivity index (χ1v) is 8.85. The number of likely N-dealkylation sites (N-methyl/N-ethyl adjacent to an activating group) is 1. The van der Waals surface area contributed by atoms with E-state index in [0.29, 0.717) is 6.04 Å². The van der Waals surface area contributed by atoms with Gasteiger partial charge < -0.3 is 10.1 Å². The van der Waals surface area contributed by atoms with Crippen LogP contribution >= 0.6 is 11.8 Å². The van der Waals surface area contributed by atoms with E-state index in [-0.39, 0.29) is 0 Å². The molecule has 1 N–H and O–H groups in total. The predicted molar refractivity (Wildman–Crippen MR) is 88.9 cm³/mol. The number of nitrogens with one attached hydrogen (secondary N) is 1. The van der Waals surface area contributed by atoms with E-state index in [1.54, 1.807) is 7.11 Å². The van der Waals surface area contributed by atoms with Gasteiger partial charge in [-0.2, -0.15) is 11.8 Å². The first kappa shape index (κ1) is 15.7. The number of rotatable bonds is 8. The second-order valence-corrected chi connectivity index (χ2v) is 6.84. The highest BCUT2D eigenvalue weighted by atomic mass is 32.2. The lowest BCUT2D eigenvalue weighted by atomic mass is 10.1. The van der Waals surface area contributed by atoms with Gasteiger partial charge in [0, 0.05) is 17.0 Å². The largest absolute Gasteiger partial charge is 0.496 e. The zero-order chi connectivity index (χ0) is 14.2. The fourth-order valence-corrected chi connectivity index (χ4v) is 4.33. The fourth-order valence-electron chi connectivity index (χ4n) is 2.92. The summed E-state index contributed by atoms with van der Waals surface area (Å²) in [5.74, 6) is 2.22. The molecular weight excluding hydrogens is 266 g/mol. The minimum absolute atomic E-state index is 0.543. The van der Waals surface area contributed by atoms with Crippen LogP contribution in [0.1, 0.15) is 38.2 Å². The fraction of sp³-hybridized carbons (Fsp3) is 0.647. The lowest BCUT2D eigenvalue weighted by Crippen LogP contribution is -2.33. The molecule has 1 unspecified atom stereocenters. The summed E-state index contributed by atoms with van der Waals surface area (Å²) < 4.78 is 5.47. The van der Waals surface area contributed by atoms with Gasteiger partial charge in [-0.25, -0.2) is 0 Å². The Bertz CT molecular complexity index is 390. The van der Waals surface area contributed by atoms with Gasteiger partial charge in [0.15, 0.2) is 0 Å². The van der Waals surface area contributed by atoms with Gasteiger partial charge >= 0.3 is 0 Å². The summed E-state index contributed by atoms with van der Waals surface area (Å²) >= 11 is 2.16. The van der Waals surface area contributed by atoms with Crippen molar-refractivity contribution in [2.45, 2.75) is 50.3 Å². The average Bonchev–Trinajstić information content (AvgIpc) is 2.99. The third kappa shape index (κ3) is 4.71. The van der Waals surface area contributed by atoms with Crippen LogP contribution in [0, 0.1) is 0 Å². The number of ether oxygens (including phenoxy) is 1. The molecule has 0 bridgehead atoms. The minimum atomic E-state index is 0.543. The monoisotopic (exact) mass is 293 g/mol. The molecule has 1 saturated carbocycles. The lowest BCUT2D eigenvalue weighted by molar-refractivity contribution is 0.406. The van der Waals surface area contributed by atoms with Gasteiger partial charge in [-0.1, -0.05) is 38.0 Å². The number of para-hydroxylation sites is 1. The Morgan fingerprint density at radius 2 is 2.05 bits per heavy atom. The molecule has 1 aliphatic carbocycles. The van der Waals surface area contributed by atoms with Crippen molar-refractivity contribution in [3.63, 3.8) is 0 Å². The zero-order valence-corrected chi connectivity index (χ0v) is 13.5. The van der Waals surface area contributed by atoms with Gasteiger partial charge in [-0.05, 0) is 37.4 Å². The van der Waals surface area contributed by atoms with Gasteiger partial charge in [0.2, 0.25) is 0 Å². The molecule has 3 heteroatoms. The summed E-state index contributed by atoms with van der Waals surface area (Å²) in [6.07, 6.45) is 6.74. The second-order valence-electron chi connectivity index (χ2n) is 5.51. The number of thioether (sulfide) groups is 1. The maximum Gasteiger partial charge on any atom is 0.122 e. The van der Waals surface area contributed by atoms with Gasteiger partial charge in [0.25, 0.3) is 0 Å². The van der Waals surface area contributed by atoms with Crippen LogP contribution in [0.25, 0.3) is 0 Å². The first-order valence-electron chi connectivity index (χ1n) is 7.80.